The van der Waals surface area contributed by atoms with Crippen molar-refractivity contribution in [3.05, 3.63) is 88.6 Å². The molecule has 1 saturated heterocycles. The van der Waals surface area contributed by atoms with Crippen LogP contribution in [0.15, 0.2) is 66.9 Å². The molecule has 196 valence electrons. The SMILES string of the molecule is O=C(N[C@H](COCc1ccccc1)CN1CCCC1)c1cccnc1Oc1ccc(C(F)(F)F)cc1Cl. The molecule has 37 heavy (non-hydrogen) atoms. The van der Waals surface area contributed by atoms with Gasteiger partial charge in [-0.1, -0.05) is 41.9 Å². The summed E-state index contributed by atoms with van der Waals surface area (Å²) >= 11 is 6.03. The number of pyridine rings is 1. The third kappa shape index (κ3) is 7.67. The summed E-state index contributed by atoms with van der Waals surface area (Å²) in [6.07, 6.45) is -0.889. The van der Waals surface area contributed by atoms with E-state index in [-0.39, 0.29) is 28.3 Å². The lowest BCUT2D eigenvalue weighted by Gasteiger charge is -2.25. The monoisotopic (exact) mass is 533 g/mol. The fourth-order valence-electron chi connectivity index (χ4n) is 4.08. The number of benzene rings is 2. The first-order chi connectivity index (χ1) is 17.8. The second-order valence-corrected chi connectivity index (χ2v) is 9.19. The van der Waals surface area contributed by atoms with Gasteiger partial charge in [-0.15, -0.1) is 0 Å². The summed E-state index contributed by atoms with van der Waals surface area (Å²) in [4.78, 5) is 19.6. The zero-order valence-electron chi connectivity index (χ0n) is 20.0. The van der Waals surface area contributed by atoms with Crippen molar-refractivity contribution in [1.29, 1.82) is 0 Å². The summed E-state index contributed by atoms with van der Waals surface area (Å²) in [5, 5.41) is 2.77. The molecule has 3 aromatic rings. The Morgan fingerprint density at radius 2 is 1.84 bits per heavy atom. The van der Waals surface area contributed by atoms with E-state index in [4.69, 9.17) is 21.1 Å². The van der Waals surface area contributed by atoms with Crippen LogP contribution < -0.4 is 10.1 Å². The fourth-order valence-corrected chi connectivity index (χ4v) is 4.30. The minimum atomic E-state index is -4.54. The first kappa shape index (κ1) is 26.9. The number of nitrogens with zero attached hydrogens (tertiary/aromatic N) is 2. The molecule has 0 unspecified atom stereocenters. The Labute approximate surface area is 218 Å². The number of nitrogens with one attached hydrogen (secondary N) is 1. The third-order valence-corrected chi connectivity index (χ3v) is 6.22. The molecule has 1 amide bonds. The summed E-state index contributed by atoms with van der Waals surface area (Å²) in [6, 6.07) is 15.3. The molecule has 1 aromatic heterocycles. The van der Waals surface area contributed by atoms with Crippen molar-refractivity contribution in [1.82, 2.24) is 15.2 Å². The van der Waals surface area contributed by atoms with E-state index < -0.39 is 17.6 Å². The zero-order chi connectivity index (χ0) is 26.3. The molecule has 1 atom stereocenters. The predicted molar refractivity (Wildman–Crippen MR) is 134 cm³/mol. The van der Waals surface area contributed by atoms with Crippen molar-refractivity contribution in [2.75, 3.05) is 26.2 Å². The Hall–Kier alpha value is -3.14. The summed E-state index contributed by atoms with van der Waals surface area (Å²) in [7, 11) is 0. The van der Waals surface area contributed by atoms with Gasteiger partial charge < -0.3 is 19.7 Å². The van der Waals surface area contributed by atoms with Crippen LogP contribution in [-0.4, -0.2) is 48.1 Å². The lowest BCUT2D eigenvalue weighted by molar-refractivity contribution is -0.137. The van der Waals surface area contributed by atoms with Gasteiger partial charge >= 0.3 is 6.18 Å². The number of carbonyl (C=O) groups excluding carboxylic acids is 1. The van der Waals surface area contributed by atoms with Crippen molar-refractivity contribution in [3.8, 4) is 11.6 Å². The van der Waals surface area contributed by atoms with Gasteiger partial charge in [-0.2, -0.15) is 13.2 Å². The van der Waals surface area contributed by atoms with Gasteiger partial charge in [0.2, 0.25) is 5.88 Å². The van der Waals surface area contributed by atoms with Crippen LogP contribution >= 0.6 is 11.6 Å². The normalized spacial score (nSPS) is 14.9. The van der Waals surface area contributed by atoms with E-state index in [2.05, 4.69) is 15.2 Å². The van der Waals surface area contributed by atoms with Gasteiger partial charge in [-0.05, 0) is 61.8 Å². The number of amides is 1. The highest BCUT2D eigenvalue weighted by atomic mass is 35.5. The predicted octanol–water partition coefficient (Wildman–Crippen LogP) is 5.96. The highest BCUT2D eigenvalue weighted by molar-refractivity contribution is 6.32. The Bertz CT molecular complexity index is 1190. The van der Waals surface area contributed by atoms with Gasteiger partial charge in [-0.25, -0.2) is 4.98 Å². The van der Waals surface area contributed by atoms with Gasteiger partial charge in [0.05, 0.1) is 29.8 Å². The standard InChI is InChI=1S/C27H27ClF3N3O3/c28-23-15-20(27(29,30)31)10-11-24(23)37-26-22(9-6-12-32-26)25(35)33-21(16-34-13-4-5-14-34)18-36-17-19-7-2-1-3-8-19/h1-3,6-12,15,21H,4-5,13-14,16-18H2,(H,33,35)/t21-/m0/s1. The highest BCUT2D eigenvalue weighted by Gasteiger charge is 2.31. The third-order valence-electron chi connectivity index (χ3n) is 5.92. The molecule has 0 bridgehead atoms. The number of hydrogen-bond acceptors (Lipinski definition) is 5. The van der Waals surface area contributed by atoms with Crippen LogP contribution in [0, 0.1) is 0 Å². The molecule has 2 heterocycles. The van der Waals surface area contributed by atoms with Crippen LogP contribution in [0.5, 0.6) is 11.6 Å². The van der Waals surface area contributed by atoms with E-state index in [0.29, 0.717) is 19.8 Å². The van der Waals surface area contributed by atoms with Crippen molar-refractivity contribution in [2.24, 2.45) is 0 Å². The van der Waals surface area contributed by atoms with Gasteiger partial charge in [0.15, 0.2) is 0 Å². The zero-order valence-corrected chi connectivity index (χ0v) is 20.8. The van der Waals surface area contributed by atoms with E-state index in [0.717, 1.165) is 49.7 Å². The number of halogens is 4. The molecule has 0 aliphatic carbocycles. The topological polar surface area (TPSA) is 63.7 Å². The van der Waals surface area contributed by atoms with Crippen LogP contribution in [0.25, 0.3) is 0 Å². The van der Waals surface area contributed by atoms with Crippen LogP contribution in [0.3, 0.4) is 0 Å². The Balaban J connectivity index is 1.46. The minimum Gasteiger partial charge on any atom is -0.437 e. The Morgan fingerprint density at radius 3 is 2.54 bits per heavy atom. The molecule has 1 aliphatic rings. The molecule has 1 fully saturated rings. The van der Waals surface area contributed by atoms with Gasteiger partial charge in [0, 0.05) is 12.7 Å². The lowest BCUT2D eigenvalue weighted by atomic mass is 10.2. The molecule has 0 saturated carbocycles. The fraction of sp³-hybridized carbons (Fsp3) is 0.333. The van der Waals surface area contributed by atoms with Crippen LogP contribution in [0.2, 0.25) is 5.02 Å². The van der Waals surface area contributed by atoms with Crippen LogP contribution in [0.4, 0.5) is 13.2 Å². The average Bonchev–Trinajstić information content (AvgIpc) is 3.38. The van der Waals surface area contributed by atoms with Crippen molar-refractivity contribution in [3.63, 3.8) is 0 Å². The second-order valence-electron chi connectivity index (χ2n) is 8.78. The molecule has 6 nitrogen and oxygen atoms in total. The molecule has 1 N–H and O–H groups in total. The molecule has 1 aliphatic heterocycles. The molecule has 0 spiro atoms. The maximum absolute atomic E-state index is 13.3. The van der Waals surface area contributed by atoms with E-state index in [1.54, 1.807) is 6.07 Å². The van der Waals surface area contributed by atoms with E-state index in [9.17, 15) is 18.0 Å². The molecule has 10 heteroatoms. The number of likely N-dealkylation sites (tertiary alicyclic amines) is 1. The summed E-state index contributed by atoms with van der Waals surface area (Å²) < 4.78 is 50.5. The minimum absolute atomic E-state index is 0.0396. The Morgan fingerprint density at radius 1 is 1.08 bits per heavy atom. The Kier molecular flexibility index (Phi) is 9.02. The molecule has 2 aromatic carbocycles. The molecular formula is C27H27ClF3N3O3. The highest BCUT2D eigenvalue weighted by Crippen LogP contribution is 2.36. The maximum atomic E-state index is 13.3. The summed E-state index contributed by atoms with van der Waals surface area (Å²) in [5.74, 6) is -0.535. The number of ether oxygens (including phenoxy) is 2. The summed E-state index contributed by atoms with van der Waals surface area (Å²) in [5.41, 5.74) is 0.266. The van der Waals surface area contributed by atoms with Crippen LogP contribution in [-0.2, 0) is 17.5 Å². The largest absolute Gasteiger partial charge is 0.437 e. The number of aromatic nitrogens is 1. The van der Waals surface area contributed by atoms with E-state index in [1.165, 1.54) is 12.3 Å². The lowest BCUT2D eigenvalue weighted by Crippen LogP contribution is -2.46. The number of carbonyl (C=O) groups is 1. The van der Waals surface area contributed by atoms with E-state index >= 15 is 0 Å². The smallest absolute Gasteiger partial charge is 0.416 e. The quantitative estimate of drug-likeness (QED) is 0.348. The van der Waals surface area contributed by atoms with Crippen molar-refractivity contribution >= 4 is 17.5 Å². The van der Waals surface area contributed by atoms with Gasteiger partial charge in [-0.3, -0.25) is 4.79 Å². The van der Waals surface area contributed by atoms with Crippen molar-refractivity contribution < 1.29 is 27.4 Å². The number of rotatable bonds is 10. The van der Waals surface area contributed by atoms with Crippen LogP contribution in [0.1, 0.15) is 34.3 Å². The number of hydrogen-bond donors (Lipinski definition) is 1. The van der Waals surface area contributed by atoms with E-state index in [1.807, 2.05) is 30.3 Å². The first-order valence-corrected chi connectivity index (χ1v) is 12.3. The van der Waals surface area contributed by atoms with Gasteiger partial charge in [0.1, 0.15) is 11.3 Å². The molecule has 0 radical (unpaired) electrons. The first-order valence-electron chi connectivity index (χ1n) is 11.9. The second kappa shape index (κ2) is 12.4. The number of alkyl halides is 3. The maximum Gasteiger partial charge on any atom is 0.416 e. The van der Waals surface area contributed by atoms with Crippen molar-refractivity contribution in [2.45, 2.75) is 31.7 Å². The molecule has 4 rings (SSSR count). The molecular weight excluding hydrogens is 507 g/mol. The van der Waals surface area contributed by atoms with Gasteiger partial charge in [0.25, 0.3) is 5.91 Å². The summed E-state index contributed by atoms with van der Waals surface area (Å²) in [6.45, 7) is 3.26. The average molecular weight is 534 g/mol.